The normalized spacial score (nSPS) is 12.8. The molecular weight excluding hydrogens is 208 g/mol. The molecule has 3 heteroatoms. The molecule has 0 fully saturated rings. The Morgan fingerprint density at radius 1 is 1.13 bits per heavy atom. The quantitative estimate of drug-likeness (QED) is 0.777. The third kappa shape index (κ3) is 3.67. The molecule has 1 aromatic carbocycles. The van der Waals surface area contributed by atoms with Crippen molar-refractivity contribution < 1.29 is 8.42 Å². The van der Waals surface area contributed by atoms with Crippen LogP contribution in [0.1, 0.15) is 26.3 Å². The number of sulfone groups is 1. The second-order valence-corrected chi connectivity index (χ2v) is 7.10. The lowest BCUT2D eigenvalue weighted by molar-refractivity contribution is 0.408. The first-order chi connectivity index (χ1) is 6.70. The van der Waals surface area contributed by atoms with E-state index in [1.807, 2.05) is 12.1 Å². The highest BCUT2D eigenvalue weighted by Gasteiger charge is 2.17. The topological polar surface area (TPSA) is 34.1 Å². The fourth-order valence-electron chi connectivity index (χ4n) is 1.58. The lowest BCUT2D eigenvalue weighted by Gasteiger charge is -2.19. The molecule has 0 saturated carbocycles. The monoisotopic (exact) mass is 226 g/mol. The van der Waals surface area contributed by atoms with Crippen LogP contribution in [-0.4, -0.2) is 14.7 Å². The summed E-state index contributed by atoms with van der Waals surface area (Å²) in [5, 5.41) is 0. The second kappa shape index (κ2) is 3.97. The first-order valence-electron chi connectivity index (χ1n) is 4.98. The van der Waals surface area contributed by atoms with Crippen LogP contribution in [0.25, 0.3) is 0 Å². The fraction of sp³-hybridized carbons (Fsp3) is 0.500. The van der Waals surface area contributed by atoms with Crippen molar-refractivity contribution in [2.45, 2.75) is 32.1 Å². The molecule has 0 saturated heterocycles. The van der Waals surface area contributed by atoms with Crippen LogP contribution in [0.5, 0.6) is 0 Å². The van der Waals surface area contributed by atoms with Crippen molar-refractivity contribution in [2.75, 3.05) is 6.26 Å². The third-order valence-electron chi connectivity index (χ3n) is 2.09. The van der Waals surface area contributed by atoms with Gasteiger partial charge in [0, 0.05) is 6.26 Å². The van der Waals surface area contributed by atoms with E-state index in [1.165, 1.54) is 6.26 Å². The van der Waals surface area contributed by atoms with Gasteiger partial charge in [-0.05, 0) is 23.5 Å². The van der Waals surface area contributed by atoms with Gasteiger partial charge >= 0.3 is 0 Å². The average molecular weight is 226 g/mol. The van der Waals surface area contributed by atoms with Crippen molar-refractivity contribution in [3.05, 3.63) is 29.8 Å². The van der Waals surface area contributed by atoms with Crippen LogP contribution in [-0.2, 0) is 16.3 Å². The fourth-order valence-corrected chi connectivity index (χ4v) is 2.53. The summed E-state index contributed by atoms with van der Waals surface area (Å²) in [7, 11) is -3.11. The highest BCUT2D eigenvalue weighted by Crippen LogP contribution is 2.25. The zero-order valence-electron chi connectivity index (χ0n) is 9.74. The van der Waals surface area contributed by atoms with E-state index in [-0.39, 0.29) is 5.41 Å². The van der Waals surface area contributed by atoms with Gasteiger partial charge in [-0.25, -0.2) is 8.42 Å². The molecule has 15 heavy (non-hydrogen) atoms. The molecule has 0 spiro atoms. The van der Waals surface area contributed by atoms with Crippen molar-refractivity contribution >= 4 is 9.84 Å². The standard InChI is InChI=1S/C12H18O2S/c1-12(2,3)9-10-7-5-6-8-11(10)15(4,13)14/h5-8H,9H2,1-4H3. The van der Waals surface area contributed by atoms with Gasteiger partial charge in [-0.2, -0.15) is 0 Å². The van der Waals surface area contributed by atoms with E-state index in [0.29, 0.717) is 4.90 Å². The SMILES string of the molecule is CC(C)(C)Cc1ccccc1S(C)(=O)=O. The summed E-state index contributed by atoms with van der Waals surface area (Å²) in [6.07, 6.45) is 2.03. The predicted octanol–water partition coefficient (Wildman–Crippen LogP) is 2.68. The summed E-state index contributed by atoms with van der Waals surface area (Å²) in [6, 6.07) is 7.22. The van der Waals surface area contributed by atoms with Gasteiger partial charge < -0.3 is 0 Å². The van der Waals surface area contributed by atoms with Gasteiger partial charge in [0.05, 0.1) is 4.90 Å². The molecule has 0 aliphatic rings. The second-order valence-electron chi connectivity index (χ2n) is 5.12. The minimum atomic E-state index is -3.11. The Kier molecular flexibility index (Phi) is 3.24. The summed E-state index contributed by atoms with van der Waals surface area (Å²) >= 11 is 0. The van der Waals surface area contributed by atoms with Crippen LogP contribution in [0.2, 0.25) is 0 Å². The molecule has 0 heterocycles. The molecule has 1 rings (SSSR count). The van der Waals surface area contributed by atoms with Gasteiger partial charge in [0.25, 0.3) is 0 Å². The molecule has 0 unspecified atom stereocenters. The van der Waals surface area contributed by atoms with E-state index in [1.54, 1.807) is 12.1 Å². The zero-order chi connectivity index (χ0) is 11.7. The maximum Gasteiger partial charge on any atom is 0.175 e. The van der Waals surface area contributed by atoms with Crippen LogP contribution in [0.3, 0.4) is 0 Å². The minimum absolute atomic E-state index is 0.0980. The zero-order valence-corrected chi connectivity index (χ0v) is 10.6. The molecule has 0 N–H and O–H groups in total. The Hall–Kier alpha value is -0.830. The molecule has 0 aliphatic heterocycles. The summed E-state index contributed by atoms with van der Waals surface area (Å²) in [6.45, 7) is 6.31. The largest absolute Gasteiger partial charge is 0.224 e. The molecule has 0 radical (unpaired) electrons. The first-order valence-corrected chi connectivity index (χ1v) is 6.87. The van der Waals surface area contributed by atoms with E-state index in [0.717, 1.165) is 12.0 Å². The van der Waals surface area contributed by atoms with Gasteiger partial charge in [0.1, 0.15) is 0 Å². The smallest absolute Gasteiger partial charge is 0.175 e. The Morgan fingerprint density at radius 3 is 2.13 bits per heavy atom. The van der Waals surface area contributed by atoms with Crippen molar-refractivity contribution in [3.63, 3.8) is 0 Å². The molecule has 0 bridgehead atoms. The maximum absolute atomic E-state index is 11.5. The van der Waals surface area contributed by atoms with Gasteiger partial charge in [-0.15, -0.1) is 0 Å². The van der Waals surface area contributed by atoms with E-state index in [4.69, 9.17) is 0 Å². The molecule has 0 aliphatic carbocycles. The lowest BCUT2D eigenvalue weighted by Crippen LogP contribution is -2.12. The van der Waals surface area contributed by atoms with E-state index in [2.05, 4.69) is 20.8 Å². The number of hydrogen-bond acceptors (Lipinski definition) is 2. The molecule has 0 amide bonds. The summed E-state index contributed by atoms with van der Waals surface area (Å²) in [5.74, 6) is 0. The maximum atomic E-state index is 11.5. The predicted molar refractivity (Wildman–Crippen MR) is 62.7 cm³/mol. The minimum Gasteiger partial charge on any atom is -0.224 e. The first kappa shape index (κ1) is 12.2. The molecular formula is C12H18O2S. The number of rotatable bonds is 2. The van der Waals surface area contributed by atoms with Crippen LogP contribution < -0.4 is 0 Å². The highest BCUT2D eigenvalue weighted by atomic mass is 32.2. The van der Waals surface area contributed by atoms with Crippen LogP contribution in [0.4, 0.5) is 0 Å². The summed E-state index contributed by atoms with van der Waals surface area (Å²) in [5.41, 5.74) is 1.01. The summed E-state index contributed by atoms with van der Waals surface area (Å²) in [4.78, 5) is 0.458. The van der Waals surface area contributed by atoms with Crippen LogP contribution in [0.15, 0.2) is 29.2 Å². The Bertz CT molecular complexity index is 439. The Labute approximate surface area is 92.2 Å². The van der Waals surface area contributed by atoms with E-state index >= 15 is 0 Å². The van der Waals surface area contributed by atoms with Crippen molar-refractivity contribution in [3.8, 4) is 0 Å². The van der Waals surface area contributed by atoms with Crippen LogP contribution >= 0.6 is 0 Å². The number of benzene rings is 1. The van der Waals surface area contributed by atoms with Crippen LogP contribution in [0, 0.1) is 5.41 Å². The molecule has 0 aromatic heterocycles. The summed E-state index contributed by atoms with van der Waals surface area (Å²) < 4.78 is 23.1. The van der Waals surface area contributed by atoms with Crippen molar-refractivity contribution in [2.24, 2.45) is 5.41 Å². The van der Waals surface area contributed by atoms with Gasteiger partial charge in [0.2, 0.25) is 0 Å². The van der Waals surface area contributed by atoms with Crippen molar-refractivity contribution in [1.29, 1.82) is 0 Å². The van der Waals surface area contributed by atoms with E-state index < -0.39 is 9.84 Å². The molecule has 1 aromatic rings. The number of hydrogen-bond donors (Lipinski definition) is 0. The van der Waals surface area contributed by atoms with Gasteiger partial charge in [-0.1, -0.05) is 39.0 Å². The molecule has 2 nitrogen and oxygen atoms in total. The Balaban J connectivity index is 3.20. The highest BCUT2D eigenvalue weighted by molar-refractivity contribution is 7.90. The van der Waals surface area contributed by atoms with Crippen molar-refractivity contribution in [1.82, 2.24) is 0 Å². The third-order valence-corrected chi connectivity index (χ3v) is 3.29. The van der Waals surface area contributed by atoms with Gasteiger partial charge in [-0.3, -0.25) is 0 Å². The van der Waals surface area contributed by atoms with E-state index in [9.17, 15) is 8.42 Å². The molecule has 0 atom stereocenters. The lowest BCUT2D eigenvalue weighted by atomic mass is 9.88. The molecule has 84 valence electrons. The van der Waals surface area contributed by atoms with Gasteiger partial charge in [0.15, 0.2) is 9.84 Å². The average Bonchev–Trinajstić information content (AvgIpc) is 1.99. The Morgan fingerprint density at radius 2 is 1.67 bits per heavy atom.